The van der Waals surface area contributed by atoms with Gasteiger partial charge in [-0.15, -0.1) is 12.4 Å². The fourth-order valence-corrected chi connectivity index (χ4v) is 4.81. The number of nitrogens with zero attached hydrogens (tertiary/aromatic N) is 2. The Kier molecular flexibility index (Phi) is 7.87. The highest BCUT2D eigenvalue weighted by molar-refractivity contribution is 6.34. The van der Waals surface area contributed by atoms with Crippen molar-refractivity contribution >= 4 is 45.9 Å². The summed E-state index contributed by atoms with van der Waals surface area (Å²) in [4.78, 5) is 17.9. The van der Waals surface area contributed by atoms with Gasteiger partial charge in [-0.25, -0.2) is 0 Å². The van der Waals surface area contributed by atoms with Crippen LogP contribution in [-0.2, 0) is 13.1 Å². The summed E-state index contributed by atoms with van der Waals surface area (Å²) < 4.78 is 16.8. The molecular formula is C27H28Cl2N2O4. The number of hydrogen-bond acceptors (Lipinski definition) is 6. The van der Waals surface area contributed by atoms with E-state index >= 15 is 0 Å². The van der Waals surface area contributed by atoms with E-state index in [0.717, 1.165) is 61.9 Å². The normalized spacial score (nSPS) is 14.7. The molecule has 1 aliphatic heterocycles. The minimum atomic E-state index is -0.0438. The maximum Gasteiger partial charge on any atom is 0.200 e. The molecule has 0 unspecified atom stereocenters. The second-order valence-corrected chi connectivity index (χ2v) is 9.02. The Labute approximate surface area is 215 Å². The number of hydrogen-bond donors (Lipinski definition) is 0. The average molecular weight is 515 g/mol. The first-order valence-corrected chi connectivity index (χ1v) is 11.7. The Morgan fingerprint density at radius 1 is 0.886 bits per heavy atom. The summed E-state index contributed by atoms with van der Waals surface area (Å²) in [6.45, 7) is 5.43. The maximum absolute atomic E-state index is 13.0. The smallest absolute Gasteiger partial charge is 0.200 e. The van der Waals surface area contributed by atoms with Crippen molar-refractivity contribution in [2.24, 2.45) is 0 Å². The van der Waals surface area contributed by atoms with E-state index in [4.69, 9.17) is 25.5 Å². The highest BCUT2D eigenvalue weighted by Crippen LogP contribution is 2.27. The summed E-state index contributed by atoms with van der Waals surface area (Å²) in [5, 5.41) is 1.56. The summed E-state index contributed by atoms with van der Waals surface area (Å²) in [7, 11) is 3.38. The first kappa shape index (κ1) is 25.3. The van der Waals surface area contributed by atoms with Crippen LogP contribution in [0.2, 0.25) is 5.02 Å². The molecule has 0 saturated carbocycles. The summed E-state index contributed by atoms with van der Waals surface area (Å²) in [6, 6.07) is 17.0. The van der Waals surface area contributed by atoms with Crippen LogP contribution in [0.4, 0.5) is 0 Å². The molecule has 184 valence electrons. The Hall–Kier alpha value is -2.77. The molecule has 0 atom stereocenters. The Morgan fingerprint density at radius 2 is 1.63 bits per heavy atom. The number of fused-ring (bicyclic) bond motifs is 2. The molecule has 4 aromatic rings. The van der Waals surface area contributed by atoms with E-state index in [-0.39, 0.29) is 17.8 Å². The van der Waals surface area contributed by atoms with Crippen LogP contribution in [-0.4, -0.2) is 50.2 Å². The summed E-state index contributed by atoms with van der Waals surface area (Å²) in [6.07, 6.45) is 0. The highest BCUT2D eigenvalue weighted by atomic mass is 35.5. The second kappa shape index (κ2) is 10.9. The summed E-state index contributed by atoms with van der Waals surface area (Å²) in [5.41, 5.74) is 3.19. The quantitative estimate of drug-likeness (QED) is 0.323. The van der Waals surface area contributed by atoms with E-state index in [1.54, 1.807) is 32.4 Å². The van der Waals surface area contributed by atoms with Crippen molar-refractivity contribution in [3.8, 4) is 11.5 Å². The van der Waals surface area contributed by atoms with Gasteiger partial charge in [-0.05, 0) is 48.0 Å². The van der Waals surface area contributed by atoms with E-state index in [0.29, 0.717) is 27.0 Å². The molecule has 0 spiro atoms. The molecule has 1 fully saturated rings. The van der Waals surface area contributed by atoms with Crippen LogP contribution >= 0.6 is 24.0 Å². The Morgan fingerprint density at radius 3 is 2.34 bits per heavy atom. The van der Waals surface area contributed by atoms with Crippen LogP contribution in [0.25, 0.3) is 21.9 Å². The number of ether oxygens (including phenoxy) is 2. The first-order valence-electron chi connectivity index (χ1n) is 11.4. The standard InChI is InChI=1S/C27H27ClN2O4.ClH/c1-32-20-7-9-24(33-2)19(15-20)17-30-12-10-29(11-13-30)16-18-6-8-25-22(14-18)26(31)21-4-3-5-23(28)27(21)34-25;/h3-9,14-15H,10-13,16-17H2,1-2H3;1H. The van der Waals surface area contributed by atoms with Crippen LogP contribution in [0.3, 0.4) is 0 Å². The van der Waals surface area contributed by atoms with E-state index in [2.05, 4.69) is 9.80 Å². The van der Waals surface area contributed by atoms with Crippen LogP contribution < -0.4 is 14.9 Å². The second-order valence-electron chi connectivity index (χ2n) is 8.61. The van der Waals surface area contributed by atoms with Gasteiger partial charge in [-0.2, -0.15) is 0 Å². The Balaban J connectivity index is 0.00000289. The van der Waals surface area contributed by atoms with Gasteiger partial charge in [0.15, 0.2) is 5.58 Å². The topological polar surface area (TPSA) is 55.2 Å². The molecule has 0 aliphatic carbocycles. The lowest BCUT2D eigenvalue weighted by Gasteiger charge is -2.35. The van der Waals surface area contributed by atoms with E-state index in [1.165, 1.54) is 0 Å². The molecule has 1 aromatic heterocycles. The van der Waals surface area contributed by atoms with Gasteiger partial charge in [0.05, 0.1) is 30.0 Å². The monoisotopic (exact) mass is 514 g/mol. The van der Waals surface area contributed by atoms with Crippen molar-refractivity contribution in [1.82, 2.24) is 9.80 Å². The van der Waals surface area contributed by atoms with E-state index < -0.39 is 0 Å². The predicted molar refractivity (Wildman–Crippen MR) is 142 cm³/mol. The molecule has 3 aromatic carbocycles. The largest absolute Gasteiger partial charge is 0.497 e. The minimum absolute atomic E-state index is 0. The average Bonchev–Trinajstić information content (AvgIpc) is 2.86. The third-order valence-corrected chi connectivity index (χ3v) is 6.76. The third-order valence-electron chi connectivity index (χ3n) is 6.46. The molecule has 1 saturated heterocycles. The van der Waals surface area contributed by atoms with Crippen molar-refractivity contribution in [1.29, 1.82) is 0 Å². The van der Waals surface area contributed by atoms with Crippen LogP contribution in [0, 0.1) is 0 Å². The summed E-state index contributed by atoms with van der Waals surface area (Å²) in [5.74, 6) is 1.72. The zero-order chi connectivity index (χ0) is 23.7. The minimum Gasteiger partial charge on any atom is -0.497 e. The molecule has 6 nitrogen and oxygen atoms in total. The van der Waals surface area contributed by atoms with Gasteiger partial charge < -0.3 is 13.9 Å². The van der Waals surface area contributed by atoms with Crippen molar-refractivity contribution in [2.75, 3.05) is 40.4 Å². The van der Waals surface area contributed by atoms with Gasteiger partial charge in [0, 0.05) is 44.8 Å². The lowest BCUT2D eigenvalue weighted by molar-refractivity contribution is 0.121. The van der Waals surface area contributed by atoms with Crippen molar-refractivity contribution in [2.45, 2.75) is 13.1 Å². The van der Waals surface area contributed by atoms with Gasteiger partial charge in [0.25, 0.3) is 0 Å². The van der Waals surface area contributed by atoms with E-state index in [1.807, 2.05) is 36.4 Å². The Bertz CT molecular complexity index is 1400. The van der Waals surface area contributed by atoms with Crippen molar-refractivity contribution < 1.29 is 13.9 Å². The van der Waals surface area contributed by atoms with Gasteiger partial charge in [-0.3, -0.25) is 14.6 Å². The third kappa shape index (κ3) is 5.26. The zero-order valence-corrected chi connectivity index (χ0v) is 21.3. The molecule has 0 N–H and O–H groups in total. The number of piperazine rings is 1. The molecule has 8 heteroatoms. The lowest BCUT2D eigenvalue weighted by Crippen LogP contribution is -2.45. The molecular weight excluding hydrogens is 487 g/mol. The number of methoxy groups -OCH3 is 2. The fraction of sp³-hybridized carbons (Fsp3) is 0.296. The van der Waals surface area contributed by atoms with E-state index in [9.17, 15) is 4.79 Å². The SMILES string of the molecule is COc1ccc(OC)c(CN2CCN(Cc3ccc4oc5c(Cl)cccc5c(=O)c4c3)CC2)c1.Cl. The predicted octanol–water partition coefficient (Wildman–Crippen LogP) is 5.36. The fourth-order valence-electron chi connectivity index (χ4n) is 4.60. The molecule has 5 rings (SSSR count). The zero-order valence-electron chi connectivity index (χ0n) is 19.8. The molecule has 35 heavy (non-hydrogen) atoms. The number of rotatable bonds is 6. The number of benzene rings is 3. The van der Waals surface area contributed by atoms with Gasteiger partial charge in [0.2, 0.25) is 5.43 Å². The molecule has 0 bridgehead atoms. The first-order chi connectivity index (χ1) is 16.6. The van der Waals surface area contributed by atoms with Gasteiger partial charge in [-0.1, -0.05) is 23.7 Å². The molecule has 0 amide bonds. The van der Waals surface area contributed by atoms with Crippen LogP contribution in [0.15, 0.2) is 63.8 Å². The molecule has 1 aliphatic rings. The molecule has 2 heterocycles. The van der Waals surface area contributed by atoms with Crippen LogP contribution in [0.5, 0.6) is 11.5 Å². The van der Waals surface area contributed by atoms with Crippen molar-refractivity contribution in [3.63, 3.8) is 0 Å². The maximum atomic E-state index is 13.0. The summed E-state index contributed by atoms with van der Waals surface area (Å²) >= 11 is 6.23. The van der Waals surface area contributed by atoms with Gasteiger partial charge in [0.1, 0.15) is 17.1 Å². The number of halogens is 2. The van der Waals surface area contributed by atoms with Gasteiger partial charge >= 0.3 is 0 Å². The molecule has 0 radical (unpaired) electrons. The van der Waals surface area contributed by atoms with Crippen molar-refractivity contribution in [3.05, 3.63) is 81.0 Å². The number of para-hydroxylation sites is 1. The van der Waals surface area contributed by atoms with Crippen LogP contribution in [0.1, 0.15) is 11.1 Å². The highest BCUT2D eigenvalue weighted by Gasteiger charge is 2.19. The lowest BCUT2D eigenvalue weighted by atomic mass is 10.1.